The number of hydrogen-bond acceptors (Lipinski definition) is 5. The highest BCUT2D eigenvalue weighted by Crippen LogP contribution is 2.31. The van der Waals surface area contributed by atoms with E-state index < -0.39 is 17.5 Å². The predicted octanol–water partition coefficient (Wildman–Crippen LogP) is 1.32. The zero-order valence-electron chi connectivity index (χ0n) is 17.8. The van der Waals surface area contributed by atoms with E-state index in [4.69, 9.17) is 4.74 Å². The summed E-state index contributed by atoms with van der Waals surface area (Å²) in [6, 6.07) is 4.95. The molecule has 4 amide bonds. The summed E-state index contributed by atoms with van der Waals surface area (Å²) in [4.78, 5) is 43.4. The van der Waals surface area contributed by atoms with Gasteiger partial charge in [-0.25, -0.2) is 4.79 Å². The highest BCUT2D eigenvalue weighted by atomic mass is 16.5. The molecule has 158 valence electrons. The van der Waals surface area contributed by atoms with Crippen molar-refractivity contribution < 1.29 is 19.1 Å². The third-order valence-electron chi connectivity index (χ3n) is 6.17. The van der Waals surface area contributed by atoms with Gasteiger partial charge in [0.1, 0.15) is 17.8 Å². The Labute approximate surface area is 171 Å². The molecule has 0 aromatic heterocycles. The van der Waals surface area contributed by atoms with Gasteiger partial charge in [-0.2, -0.15) is 0 Å². The van der Waals surface area contributed by atoms with Crippen LogP contribution in [0.3, 0.4) is 0 Å². The molecule has 0 spiro atoms. The number of ether oxygens (including phenoxy) is 1. The van der Waals surface area contributed by atoms with Gasteiger partial charge in [0.2, 0.25) is 5.91 Å². The number of rotatable bonds is 5. The summed E-state index contributed by atoms with van der Waals surface area (Å²) in [6.07, 6.45) is 1.78. The Kier molecular flexibility index (Phi) is 5.84. The molecule has 2 aliphatic rings. The average Bonchev–Trinajstić information content (AvgIpc) is 2.92. The zero-order chi connectivity index (χ0) is 21.3. The van der Waals surface area contributed by atoms with Gasteiger partial charge in [-0.15, -0.1) is 0 Å². The molecule has 1 aromatic carbocycles. The van der Waals surface area contributed by atoms with Crippen LogP contribution in [0.4, 0.5) is 4.79 Å². The van der Waals surface area contributed by atoms with Crippen molar-refractivity contribution in [1.29, 1.82) is 0 Å². The minimum atomic E-state index is -1.21. The molecule has 8 nitrogen and oxygen atoms in total. The second kappa shape index (κ2) is 8.02. The van der Waals surface area contributed by atoms with Gasteiger partial charge >= 0.3 is 6.03 Å². The largest absolute Gasteiger partial charge is 0.496 e. The Hall–Kier alpha value is -2.61. The van der Waals surface area contributed by atoms with Crippen LogP contribution in [0.2, 0.25) is 0 Å². The Morgan fingerprint density at radius 1 is 1.31 bits per heavy atom. The first-order valence-corrected chi connectivity index (χ1v) is 9.90. The molecule has 0 saturated carbocycles. The lowest BCUT2D eigenvalue weighted by Crippen LogP contribution is -2.49. The van der Waals surface area contributed by atoms with Crippen LogP contribution in [-0.4, -0.2) is 79.4 Å². The van der Waals surface area contributed by atoms with Crippen LogP contribution in [0.5, 0.6) is 5.75 Å². The van der Waals surface area contributed by atoms with E-state index in [0.29, 0.717) is 11.3 Å². The summed E-state index contributed by atoms with van der Waals surface area (Å²) in [5.41, 5.74) is 0.318. The first-order chi connectivity index (χ1) is 13.7. The van der Waals surface area contributed by atoms with Crippen molar-refractivity contribution in [2.45, 2.75) is 38.3 Å². The number of nitrogens with zero attached hydrogens (tertiary/aromatic N) is 3. The highest BCUT2D eigenvalue weighted by Gasteiger charge is 2.50. The maximum absolute atomic E-state index is 13.1. The number of carbonyl (C=O) groups is 3. The molecule has 2 fully saturated rings. The maximum Gasteiger partial charge on any atom is 0.325 e. The van der Waals surface area contributed by atoms with Gasteiger partial charge in [0, 0.05) is 13.1 Å². The van der Waals surface area contributed by atoms with Crippen LogP contribution >= 0.6 is 0 Å². The molecule has 0 aliphatic carbocycles. The number of amides is 4. The van der Waals surface area contributed by atoms with E-state index in [9.17, 15) is 14.4 Å². The van der Waals surface area contributed by atoms with Crippen molar-refractivity contribution in [3.05, 3.63) is 29.3 Å². The fraction of sp³-hybridized carbons (Fsp3) is 0.571. The van der Waals surface area contributed by atoms with Crippen molar-refractivity contribution >= 4 is 17.8 Å². The summed E-state index contributed by atoms with van der Waals surface area (Å²) < 4.78 is 5.27. The summed E-state index contributed by atoms with van der Waals surface area (Å²) in [5.74, 6) is 0.0660. The SMILES string of the molecule is COc1ccc(C2(C)NC(=O)N(CC(=O)N(C)C3CCN(C)CC3)C2=O)cc1C. The second-order valence-electron chi connectivity index (χ2n) is 8.17. The van der Waals surface area contributed by atoms with Crippen molar-refractivity contribution in [1.82, 2.24) is 20.0 Å². The van der Waals surface area contributed by atoms with Crippen molar-refractivity contribution in [2.24, 2.45) is 0 Å². The van der Waals surface area contributed by atoms with Gasteiger partial charge in [-0.1, -0.05) is 6.07 Å². The number of carbonyl (C=O) groups excluding carboxylic acids is 3. The first kappa shape index (κ1) is 21.1. The standard InChI is InChI=1S/C21H30N4O4/c1-14-12-15(6-7-17(14)29-5)21(2)19(27)25(20(28)22-21)13-18(26)24(4)16-8-10-23(3)11-9-16/h6-7,12,16H,8-11,13H2,1-5H3,(H,22,28). The maximum atomic E-state index is 13.1. The van der Waals surface area contributed by atoms with Crippen LogP contribution in [-0.2, 0) is 15.1 Å². The fourth-order valence-corrected chi connectivity index (χ4v) is 4.06. The van der Waals surface area contributed by atoms with Crippen molar-refractivity contribution in [3.63, 3.8) is 0 Å². The van der Waals surface area contributed by atoms with Crippen molar-refractivity contribution in [2.75, 3.05) is 40.8 Å². The second-order valence-corrected chi connectivity index (χ2v) is 8.17. The lowest BCUT2D eigenvalue weighted by Gasteiger charge is -2.35. The molecule has 3 rings (SSSR count). The molecule has 0 bridgehead atoms. The number of likely N-dealkylation sites (tertiary alicyclic amines) is 1. The summed E-state index contributed by atoms with van der Waals surface area (Å²) in [5, 5.41) is 2.76. The van der Waals surface area contributed by atoms with E-state index >= 15 is 0 Å². The predicted molar refractivity (Wildman–Crippen MR) is 109 cm³/mol. The Bertz CT molecular complexity index is 819. The van der Waals surface area contributed by atoms with Gasteiger partial charge in [-0.05, 0) is 70.1 Å². The number of methoxy groups -OCH3 is 1. The number of likely N-dealkylation sites (N-methyl/N-ethyl adjacent to an activating group) is 1. The Balaban J connectivity index is 1.73. The molecular formula is C21H30N4O4. The molecule has 1 aromatic rings. The minimum Gasteiger partial charge on any atom is -0.496 e. The van der Waals surface area contributed by atoms with E-state index in [1.807, 2.05) is 13.0 Å². The van der Waals surface area contributed by atoms with Crippen LogP contribution in [0.1, 0.15) is 30.9 Å². The molecule has 1 N–H and O–H groups in total. The number of benzene rings is 1. The number of imide groups is 1. The van der Waals surface area contributed by atoms with Gasteiger partial charge in [0.25, 0.3) is 5.91 Å². The number of piperidine rings is 1. The first-order valence-electron chi connectivity index (χ1n) is 9.90. The normalized spacial score (nSPS) is 23.3. The third-order valence-corrected chi connectivity index (χ3v) is 6.17. The van der Waals surface area contributed by atoms with Crippen LogP contribution < -0.4 is 10.1 Å². The van der Waals surface area contributed by atoms with Crippen LogP contribution in [0.25, 0.3) is 0 Å². The number of hydrogen-bond donors (Lipinski definition) is 1. The van der Waals surface area contributed by atoms with E-state index in [-0.39, 0.29) is 18.5 Å². The topological polar surface area (TPSA) is 82.2 Å². The van der Waals surface area contributed by atoms with E-state index in [1.54, 1.807) is 38.1 Å². The van der Waals surface area contributed by atoms with Crippen LogP contribution in [0, 0.1) is 6.92 Å². The summed E-state index contributed by atoms with van der Waals surface area (Å²) in [7, 11) is 5.40. The zero-order valence-corrected chi connectivity index (χ0v) is 17.8. The molecular weight excluding hydrogens is 372 g/mol. The molecule has 1 atom stereocenters. The quantitative estimate of drug-likeness (QED) is 0.752. The monoisotopic (exact) mass is 402 g/mol. The molecule has 8 heteroatoms. The molecule has 2 saturated heterocycles. The van der Waals surface area contributed by atoms with Crippen molar-refractivity contribution in [3.8, 4) is 5.75 Å². The Morgan fingerprint density at radius 2 is 1.97 bits per heavy atom. The molecule has 2 aliphatic heterocycles. The van der Waals surface area contributed by atoms with Crippen LogP contribution in [0.15, 0.2) is 18.2 Å². The third kappa shape index (κ3) is 3.94. The molecule has 1 unspecified atom stereocenters. The molecule has 0 radical (unpaired) electrons. The summed E-state index contributed by atoms with van der Waals surface area (Å²) >= 11 is 0. The fourth-order valence-electron chi connectivity index (χ4n) is 4.06. The molecule has 29 heavy (non-hydrogen) atoms. The van der Waals surface area contributed by atoms with E-state index in [2.05, 4.69) is 17.3 Å². The van der Waals surface area contributed by atoms with Gasteiger partial charge < -0.3 is 19.9 Å². The minimum absolute atomic E-state index is 0.134. The van der Waals surface area contributed by atoms with Gasteiger partial charge in [-0.3, -0.25) is 14.5 Å². The number of nitrogens with one attached hydrogen (secondary N) is 1. The summed E-state index contributed by atoms with van der Waals surface area (Å²) in [6.45, 7) is 5.16. The number of urea groups is 1. The van der Waals surface area contributed by atoms with Gasteiger partial charge in [0.05, 0.1) is 7.11 Å². The smallest absolute Gasteiger partial charge is 0.325 e. The van der Waals surface area contributed by atoms with E-state index in [1.165, 1.54) is 0 Å². The number of aryl methyl sites for hydroxylation is 1. The lowest BCUT2D eigenvalue weighted by molar-refractivity contribution is -0.139. The highest BCUT2D eigenvalue weighted by molar-refractivity contribution is 6.09. The van der Waals surface area contributed by atoms with Gasteiger partial charge in [0.15, 0.2) is 0 Å². The van der Waals surface area contributed by atoms with E-state index in [0.717, 1.165) is 36.4 Å². The molecule has 2 heterocycles. The Morgan fingerprint density at radius 3 is 2.55 bits per heavy atom. The lowest BCUT2D eigenvalue weighted by atomic mass is 9.90. The average molecular weight is 402 g/mol.